The molecule has 1 unspecified atom stereocenters. The van der Waals surface area contributed by atoms with Gasteiger partial charge in [0.2, 0.25) is 5.78 Å². The predicted octanol–water partition coefficient (Wildman–Crippen LogP) is 6.23. The van der Waals surface area contributed by atoms with E-state index in [1.54, 1.807) is 24.3 Å². The number of halogens is 1. The third-order valence-electron chi connectivity index (χ3n) is 6.71. The Hall–Kier alpha value is -4.56. The van der Waals surface area contributed by atoms with E-state index in [0.717, 1.165) is 12.0 Å². The first-order valence-corrected chi connectivity index (χ1v) is 12.5. The Morgan fingerprint density at radius 3 is 2.33 bits per heavy atom. The van der Waals surface area contributed by atoms with Crippen LogP contribution in [0.2, 0.25) is 5.02 Å². The number of aryl methyl sites for hydroxylation is 1. The molecule has 0 radical (unpaired) electrons. The van der Waals surface area contributed by atoms with Crippen LogP contribution in [0.25, 0.3) is 11.0 Å². The average Bonchev–Trinajstić information content (AvgIpc) is 3.50. The number of amides is 1. The number of esters is 1. The highest BCUT2D eigenvalue weighted by Gasteiger charge is 2.45. The third-order valence-corrected chi connectivity index (χ3v) is 6.93. The number of rotatable bonds is 7. The van der Waals surface area contributed by atoms with Gasteiger partial charge in [-0.05, 0) is 53.9 Å². The highest BCUT2D eigenvalue weighted by molar-refractivity contribution is 6.31. The number of ether oxygens (including phenoxy) is 2. The maximum atomic E-state index is 13.9. The molecule has 2 heterocycles. The summed E-state index contributed by atoms with van der Waals surface area (Å²) in [6.07, 6.45) is 0.804. The van der Waals surface area contributed by atoms with Gasteiger partial charge < -0.3 is 19.0 Å². The largest absolute Gasteiger partial charge is 0.503 e. The van der Waals surface area contributed by atoms with Crippen molar-refractivity contribution in [3.63, 3.8) is 0 Å². The molecule has 0 spiro atoms. The summed E-state index contributed by atoms with van der Waals surface area (Å²) in [5.74, 6) is -2.38. The number of aliphatic hydroxyl groups is 1. The topological polar surface area (TPSA) is 106 Å². The van der Waals surface area contributed by atoms with Gasteiger partial charge in [0.25, 0.3) is 5.91 Å². The van der Waals surface area contributed by atoms with Gasteiger partial charge in [-0.25, -0.2) is 4.79 Å². The van der Waals surface area contributed by atoms with Gasteiger partial charge in [0.1, 0.15) is 0 Å². The van der Waals surface area contributed by atoms with Gasteiger partial charge >= 0.3 is 5.97 Å². The molecule has 1 N–H and O–H groups in total. The summed E-state index contributed by atoms with van der Waals surface area (Å²) in [6.45, 7) is 2.02. The van der Waals surface area contributed by atoms with Crippen LogP contribution >= 0.6 is 11.6 Å². The highest BCUT2D eigenvalue weighted by Crippen LogP contribution is 2.43. The van der Waals surface area contributed by atoms with Crippen molar-refractivity contribution in [3.8, 4) is 5.75 Å². The Morgan fingerprint density at radius 2 is 1.72 bits per heavy atom. The summed E-state index contributed by atoms with van der Waals surface area (Å²) < 4.78 is 16.0. The van der Waals surface area contributed by atoms with E-state index in [0.29, 0.717) is 38.6 Å². The summed E-state index contributed by atoms with van der Waals surface area (Å²) in [4.78, 5) is 40.6. The number of fused-ring (bicyclic) bond motifs is 1. The molecule has 0 bridgehead atoms. The van der Waals surface area contributed by atoms with Crippen LogP contribution in [0.4, 0.5) is 5.69 Å². The van der Waals surface area contributed by atoms with E-state index >= 15 is 0 Å². The molecule has 1 aliphatic rings. The van der Waals surface area contributed by atoms with Crippen LogP contribution in [0.1, 0.15) is 45.0 Å². The van der Waals surface area contributed by atoms with Crippen molar-refractivity contribution in [2.45, 2.75) is 19.4 Å². The SMILES string of the molecule is CCc1ccc(C2C(C(=O)c3cc4cc(Cl)cc(OC)c4o3)=C(O)C(=O)N2c2ccc(C(=O)OC)cc2)cc1. The number of nitrogens with zero attached hydrogens (tertiary/aromatic N) is 1. The summed E-state index contributed by atoms with van der Waals surface area (Å²) >= 11 is 6.18. The number of furan rings is 1. The standard InChI is InChI=1S/C30H24ClNO7/c1-4-16-5-7-17(8-6-16)25-24(26(33)22-14-19-13-20(31)15-23(37-2)28(19)39-22)27(34)29(35)32(25)21-11-9-18(10-12-21)30(36)38-3/h5-15,25,34H,4H2,1-3H3. The van der Waals surface area contributed by atoms with Crippen LogP contribution in [0.15, 0.2) is 82.5 Å². The normalized spacial score (nSPS) is 15.2. The van der Waals surface area contributed by atoms with Gasteiger partial charge in [0, 0.05) is 22.2 Å². The number of carbonyl (C=O) groups is 3. The first-order chi connectivity index (χ1) is 18.8. The van der Waals surface area contributed by atoms with E-state index in [2.05, 4.69) is 0 Å². The molecule has 0 saturated carbocycles. The number of carbonyl (C=O) groups excluding carboxylic acids is 3. The van der Waals surface area contributed by atoms with E-state index in [1.807, 2.05) is 31.2 Å². The molecule has 198 valence electrons. The van der Waals surface area contributed by atoms with Gasteiger partial charge in [0.15, 0.2) is 22.9 Å². The molecule has 0 aliphatic carbocycles. The fraction of sp³-hybridized carbons (Fsp3) is 0.167. The first kappa shape index (κ1) is 26.1. The second-order valence-corrected chi connectivity index (χ2v) is 9.38. The minimum absolute atomic E-state index is 0.0852. The number of hydrogen-bond donors (Lipinski definition) is 1. The molecule has 5 rings (SSSR count). The van der Waals surface area contributed by atoms with Crippen molar-refractivity contribution >= 4 is 45.9 Å². The Morgan fingerprint density at radius 1 is 1.03 bits per heavy atom. The lowest BCUT2D eigenvalue weighted by Crippen LogP contribution is -2.31. The van der Waals surface area contributed by atoms with Gasteiger partial charge in [-0.15, -0.1) is 0 Å². The highest BCUT2D eigenvalue weighted by atomic mass is 35.5. The van der Waals surface area contributed by atoms with Crippen LogP contribution < -0.4 is 9.64 Å². The van der Waals surface area contributed by atoms with Crippen LogP contribution in [0, 0.1) is 0 Å². The molecule has 39 heavy (non-hydrogen) atoms. The number of benzene rings is 3. The van der Waals surface area contributed by atoms with Crippen LogP contribution in [-0.2, 0) is 16.0 Å². The molecular weight excluding hydrogens is 522 g/mol. The number of methoxy groups -OCH3 is 2. The Bertz CT molecular complexity index is 1630. The Kier molecular flexibility index (Phi) is 6.89. The molecule has 1 amide bonds. The molecular formula is C30H24ClNO7. The maximum absolute atomic E-state index is 13.9. The molecule has 9 heteroatoms. The average molecular weight is 546 g/mol. The minimum atomic E-state index is -0.960. The summed E-state index contributed by atoms with van der Waals surface area (Å²) in [7, 11) is 2.73. The van der Waals surface area contributed by atoms with Gasteiger partial charge in [-0.2, -0.15) is 0 Å². The number of ketones is 1. The van der Waals surface area contributed by atoms with Crippen molar-refractivity contribution in [1.29, 1.82) is 0 Å². The van der Waals surface area contributed by atoms with Crippen molar-refractivity contribution in [2.75, 3.05) is 19.1 Å². The zero-order valence-corrected chi connectivity index (χ0v) is 22.1. The van der Waals surface area contributed by atoms with E-state index in [4.69, 9.17) is 25.5 Å². The van der Waals surface area contributed by atoms with Crippen LogP contribution in [-0.4, -0.2) is 37.0 Å². The summed E-state index contributed by atoms with van der Waals surface area (Å²) in [5.41, 5.74) is 2.53. The minimum Gasteiger partial charge on any atom is -0.503 e. The van der Waals surface area contributed by atoms with Crippen molar-refractivity contribution in [2.24, 2.45) is 0 Å². The smallest absolute Gasteiger partial charge is 0.337 e. The number of Topliss-reactive ketones (excluding diaryl/α,β-unsaturated/α-hetero) is 1. The van der Waals surface area contributed by atoms with Gasteiger partial charge in [0.05, 0.1) is 31.4 Å². The second-order valence-electron chi connectivity index (χ2n) is 8.94. The maximum Gasteiger partial charge on any atom is 0.337 e. The Labute approximate surface area is 229 Å². The lowest BCUT2D eigenvalue weighted by molar-refractivity contribution is -0.117. The zero-order valence-electron chi connectivity index (χ0n) is 21.4. The number of aliphatic hydroxyl groups excluding tert-OH is 1. The molecule has 1 aliphatic heterocycles. The van der Waals surface area contributed by atoms with E-state index < -0.39 is 29.5 Å². The number of hydrogen-bond acceptors (Lipinski definition) is 7. The van der Waals surface area contributed by atoms with Crippen molar-refractivity contribution in [3.05, 3.63) is 106 Å². The molecule has 1 aromatic heterocycles. The quantitative estimate of drug-likeness (QED) is 0.217. The van der Waals surface area contributed by atoms with Gasteiger partial charge in [-0.1, -0.05) is 42.8 Å². The summed E-state index contributed by atoms with van der Waals surface area (Å²) in [6, 6.07) is 17.3. The zero-order chi connectivity index (χ0) is 27.8. The molecule has 3 aromatic carbocycles. The number of anilines is 1. The summed E-state index contributed by atoms with van der Waals surface area (Å²) in [5, 5.41) is 12.0. The van der Waals surface area contributed by atoms with Crippen molar-refractivity contribution < 1.29 is 33.4 Å². The fourth-order valence-corrected chi connectivity index (χ4v) is 4.93. The molecule has 4 aromatic rings. The molecule has 8 nitrogen and oxygen atoms in total. The molecule has 1 atom stereocenters. The second kappa shape index (κ2) is 10.3. The fourth-order valence-electron chi connectivity index (χ4n) is 4.71. The molecule has 0 fully saturated rings. The first-order valence-electron chi connectivity index (χ1n) is 12.1. The van der Waals surface area contributed by atoms with Crippen LogP contribution in [0.3, 0.4) is 0 Å². The van der Waals surface area contributed by atoms with E-state index in [-0.39, 0.29) is 11.3 Å². The molecule has 0 saturated heterocycles. The van der Waals surface area contributed by atoms with Crippen LogP contribution in [0.5, 0.6) is 5.75 Å². The predicted molar refractivity (Wildman–Crippen MR) is 146 cm³/mol. The van der Waals surface area contributed by atoms with Crippen molar-refractivity contribution in [1.82, 2.24) is 0 Å². The van der Waals surface area contributed by atoms with E-state index in [1.165, 1.54) is 37.3 Å². The van der Waals surface area contributed by atoms with Gasteiger partial charge in [-0.3, -0.25) is 14.5 Å². The third kappa shape index (κ3) is 4.53. The Balaban J connectivity index is 1.63. The lowest BCUT2D eigenvalue weighted by atomic mass is 9.93. The lowest BCUT2D eigenvalue weighted by Gasteiger charge is -2.27. The monoisotopic (exact) mass is 545 g/mol. The van der Waals surface area contributed by atoms with E-state index in [9.17, 15) is 19.5 Å².